The van der Waals surface area contributed by atoms with Gasteiger partial charge in [0, 0.05) is 22.0 Å². The summed E-state index contributed by atoms with van der Waals surface area (Å²) in [5.41, 5.74) is 24.3. The first-order chi connectivity index (χ1) is 66.9. The molecule has 6 aliphatic rings. The molecule has 6 aliphatic heterocycles. The lowest BCUT2D eigenvalue weighted by molar-refractivity contribution is 0.464. The van der Waals surface area contributed by atoms with E-state index in [0.29, 0.717) is 0 Å². The van der Waals surface area contributed by atoms with E-state index >= 15 is 0 Å². The summed E-state index contributed by atoms with van der Waals surface area (Å²) in [6, 6.07) is 163. The summed E-state index contributed by atoms with van der Waals surface area (Å²) in [6.45, 7) is 0.155. The highest BCUT2D eigenvalue weighted by atomic mass is 16.5. The molecule has 0 amide bonds. The largest absolute Gasteiger partial charge is 0.458 e. The van der Waals surface area contributed by atoms with E-state index in [0.717, 1.165) is 119 Å². The third kappa shape index (κ3) is 12.2. The predicted octanol–water partition coefficient (Wildman–Crippen LogP) is 27.6. The fourth-order valence-corrected chi connectivity index (χ4v) is 22.8. The molecule has 9 heteroatoms. The van der Waals surface area contributed by atoms with Gasteiger partial charge in [-0.25, -0.2) is 0 Å². The molecule has 0 saturated carbocycles. The quantitative estimate of drug-likeness (QED) is 0.0939. The van der Waals surface area contributed by atoms with Crippen LogP contribution in [-0.4, -0.2) is 20.1 Å². The summed E-state index contributed by atoms with van der Waals surface area (Å²) >= 11 is 0. The Hall–Kier alpha value is -17.4. The lowest BCUT2D eigenvalue weighted by Crippen LogP contribution is -2.57. The smallest absolute Gasteiger partial charge is 0.260 e. The van der Waals surface area contributed by atoms with Crippen LogP contribution >= 0.6 is 0 Å². The lowest BCUT2D eigenvalue weighted by Gasteiger charge is -2.34. The van der Waals surface area contributed by atoms with Crippen molar-refractivity contribution in [3.05, 3.63) is 455 Å². The van der Waals surface area contributed by atoms with Gasteiger partial charge in [0.2, 0.25) is 0 Å². The van der Waals surface area contributed by atoms with Crippen molar-refractivity contribution in [2.24, 2.45) is 0 Å². The summed E-state index contributed by atoms with van der Waals surface area (Å²) in [5.74, 6) is 10.5. The Kier molecular flexibility index (Phi) is 17.3. The topological polar surface area (TPSA) is 55.4 Å². The molecule has 6 heterocycles. The number of fused-ring (bicyclic) bond motifs is 24. The van der Waals surface area contributed by atoms with Crippen LogP contribution in [0, 0.1) is 0 Å². The number of hydrogen-bond donors (Lipinski definition) is 0. The summed E-state index contributed by atoms with van der Waals surface area (Å²) in [6.07, 6.45) is 0. The van der Waals surface area contributed by atoms with Gasteiger partial charge in [0.1, 0.15) is 69.0 Å². The van der Waals surface area contributed by atoms with Crippen molar-refractivity contribution in [3.63, 3.8) is 0 Å². The van der Waals surface area contributed by atoms with Crippen LogP contribution in [0.25, 0.3) is 164 Å². The van der Waals surface area contributed by atoms with Gasteiger partial charge >= 0.3 is 0 Å². The van der Waals surface area contributed by atoms with E-state index in [4.69, 9.17) is 28.4 Å². The van der Waals surface area contributed by atoms with Crippen LogP contribution < -0.4 is 77.6 Å². The standard InChI is InChI=1S/3C42H25BO2/c1-3-13-29-26(11-1)21-22-33-34(29)23-27-12-2-4-15-31(27)41(33)32-16-6-5-14-30(32)28-24-39-42-40(25-28)45-38-20-10-8-18-36(38)43(42)35-17-7-9-19-37(35)44-39;1-3-13-28-26(11-1)21-22-32-34(28)25-27-12-2-4-14-29(27)40(32)31-16-6-5-15-30(31)33-23-24-39-41-42(33)45-38-20-10-8-18-36(38)43(41)35-17-7-9-19-37(35)44-39;1-2-10-27-24-35-28(23-26(27)9-1)19-21-34-32(13-7-14-33(34)35)31-12-4-3-11-30(31)29-20-22-37-41(25-29)45-40-18-8-17-39-42(40)43(37)36-15-5-6-16-38(36)44-39/h3*1-25H. The normalized spacial score (nSPS) is 12.8. The van der Waals surface area contributed by atoms with Crippen LogP contribution in [0.2, 0.25) is 0 Å². The van der Waals surface area contributed by atoms with E-state index < -0.39 is 0 Å². The monoisotopic (exact) mass is 1720 g/mol. The molecule has 135 heavy (non-hydrogen) atoms. The number of benzene rings is 24. The molecule has 0 aromatic heterocycles. The Labute approximate surface area is 779 Å². The van der Waals surface area contributed by atoms with E-state index in [2.05, 4.69) is 419 Å². The van der Waals surface area contributed by atoms with Crippen LogP contribution in [0.3, 0.4) is 0 Å². The first-order valence-electron chi connectivity index (χ1n) is 46.4. The molecule has 24 aromatic carbocycles. The average Bonchev–Trinajstić information content (AvgIpc) is 0.724. The summed E-state index contributed by atoms with van der Waals surface area (Å²) in [7, 11) is 0. The van der Waals surface area contributed by atoms with Crippen molar-refractivity contribution in [1.82, 2.24) is 0 Å². The Morgan fingerprint density at radius 2 is 0.467 bits per heavy atom. The number of rotatable bonds is 6. The molecule has 0 unspecified atom stereocenters. The fraction of sp³-hybridized carbons (Fsp3) is 0. The maximum Gasteiger partial charge on any atom is 0.260 e. The summed E-state index contributed by atoms with van der Waals surface area (Å²) in [5, 5.41) is 22.6. The highest BCUT2D eigenvalue weighted by Crippen LogP contribution is 2.51. The zero-order valence-corrected chi connectivity index (χ0v) is 73.0. The van der Waals surface area contributed by atoms with Crippen molar-refractivity contribution in [1.29, 1.82) is 0 Å². The van der Waals surface area contributed by atoms with E-state index in [-0.39, 0.29) is 20.1 Å². The maximum atomic E-state index is 6.87. The predicted molar refractivity (Wildman–Crippen MR) is 563 cm³/mol. The third-order valence-corrected chi connectivity index (χ3v) is 28.7. The molecule has 24 aromatic rings. The molecular formula is C126H75B3O6. The molecule has 0 bridgehead atoms. The first kappa shape index (κ1) is 76.5. The summed E-state index contributed by atoms with van der Waals surface area (Å²) < 4.78 is 39.6. The molecule has 30 rings (SSSR count). The van der Waals surface area contributed by atoms with Crippen molar-refractivity contribution < 1.29 is 28.4 Å². The molecule has 0 spiro atoms. The molecule has 0 fully saturated rings. The van der Waals surface area contributed by atoms with Gasteiger partial charge in [0.05, 0.1) is 0 Å². The second kappa shape index (κ2) is 30.6. The molecule has 0 N–H and O–H groups in total. The SMILES string of the molecule is c1ccc2c(c1)Oc1cc(-c3ccccc3-c3c4ccccc4cc4c3ccc3ccccc34)cc3c1B2c1ccccc1O3.c1ccc2c(c1)Oc1ccc(-c3ccccc3-c3c4ccccc4cc4c3ccc3ccccc34)c3c1B2c1ccccc1O3.c1ccc2c(c1)Oc1cccc3c1B2c1ccc(-c2ccccc2-c2cccc4c2ccc2cc5ccccc5cc24)cc1O3. The van der Waals surface area contributed by atoms with Crippen molar-refractivity contribution in [3.8, 4) is 136 Å². The molecule has 0 atom stereocenters. The van der Waals surface area contributed by atoms with Gasteiger partial charge in [0.25, 0.3) is 20.1 Å². The van der Waals surface area contributed by atoms with Crippen molar-refractivity contribution in [2.75, 3.05) is 0 Å². The Morgan fingerprint density at radius 1 is 0.133 bits per heavy atom. The Morgan fingerprint density at radius 3 is 1.01 bits per heavy atom. The fourth-order valence-electron chi connectivity index (χ4n) is 22.8. The van der Waals surface area contributed by atoms with E-state index in [9.17, 15) is 0 Å². The summed E-state index contributed by atoms with van der Waals surface area (Å²) in [4.78, 5) is 0. The van der Waals surface area contributed by atoms with Crippen LogP contribution in [0.1, 0.15) is 0 Å². The Balaban J connectivity index is 0.000000101. The third-order valence-electron chi connectivity index (χ3n) is 28.7. The number of ether oxygens (including phenoxy) is 6. The minimum atomic E-state index is 0.0294. The first-order valence-corrected chi connectivity index (χ1v) is 46.4. The molecule has 0 aliphatic carbocycles. The van der Waals surface area contributed by atoms with Crippen LogP contribution in [-0.2, 0) is 0 Å². The zero-order chi connectivity index (χ0) is 88.5. The lowest BCUT2D eigenvalue weighted by atomic mass is 9.34. The Bertz CT molecular complexity index is 9140. The maximum absolute atomic E-state index is 6.87. The second-order valence-electron chi connectivity index (χ2n) is 36.0. The molecule has 6 nitrogen and oxygen atoms in total. The van der Waals surface area contributed by atoms with Gasteiger partial charge in [0.15, 0.2) is 0 Å². The average molecular weight is 1720 g/mol. The molecular weight excluding hydrogens is 1640 g/mol. The van der Waals surface area contributed by atoms with Gasteiger partial charge in [-0.15, -0.1) is 0 Å². The van der Waals surface area contributed by atoms with E-state index in [1.54, 1.807) is 0 Å². The highest BCUT2D eigenvalue weighted by molar-refractivity contribution is 6.99. The minimum Gasteiger partial charge on any atom is -0.458 e. The van der Waals surface area contributed by atoms with E-state index in [1.165, 1.54) is 163 Å². The van der Waals surface area contributed by atoms with Crippen molar-refractivity contribution >= 4 is 166 Å². The van der Waals surface area contributed by atoms with Gasteiger partial charge in [-0.3, -0.25) is 0 Å². The van der Waals surface area contributed by atoms with Gasteiger partial charge in [-0.1, -0.05) is 358 Å². The molecule has 0 radical (unpaired) electrons. The van der Waals surface area contributed by atoms with Crippen molar-refractivity contribution in [2.45, 2.75) is 0 Å². The van der Waals surface area contributed by atoms with Crippen LogP contribution in [0.4, 0.5) is 0 Å². The molecule has 0 saturated heterocycles. The second-order valence-corrected chi connectivity index (χ2v) is 36.0. The number of para-hydroxylation sites is 5. The zero-order valence-electron chi connectivity index (χ0n) is 73.0. The highest BCUT2D eigenvalue weighted by Gasteiger charge is 2.44. The number of hydrogen-bond acceptors (Lipinski definition) is 6. The minimum absolute atomic E-state index is 0.0294. The van der Waals surface area contributed by atoms with E-state index in [1.807, 2.05) is 36.4 Å². The molecule has 624 valence electrons. The van der Waals surface area contributed by atoms with Gasteiger partial charge in [-0.05, 0) is 288 Å². The van der Waals surface area contributed by atoms with Crippen LogP contribution in [0.15, 0.2) is 455 Å². The van der Waals surface area contributed by atoms with Crippen LogP contribution in [0.5, 0.6) is 69.0 Å². The van der Waals surface area contributed by atoms with Gasteiger partial charge < -0.3 is 28.4 Å². The van der Waals surface area contributed by atoms with Gasteiger partial charge in [-0.2, -0.15) is 0 Å².